The molecule has 5 heteroatoms. The lowest BCUT2D eigenvalue weighted by Gasteiger charge is -2.14. The van der Waals surface area contributed by atoms with Crippen LogP contribution in [0.4, 0.5) is 0 Å². The van der Waals surface area contributed by atoms with Crippen LogP contribution in [0.15, 0.2) is 23.2 Å². The second kappa shape index (κ2) is 9.10. The molecule has 0 aliphatic carbocycles. The maximum Gasteiger partial charge on any atom is 0.191 e. The molecule has 0 aromatic heterocycles. The molecule has 0 aliphatic heterocycles. The summed E-state index contributed by atoms with van der Waals surface area (Å²) >= 11 is 0. The SMILES string of the molecule is CCNC(=NCc1ccc(OC)cc1OC)NCC(C)C. The van der Waals surface area contributed by atoms with Gasteiger partial charge in [0.05, 0.1) is 20.8 Å². The van der Waals surface area contributed by atoms with Crippen LogP contribution in [0.3, 0.4) is 0 Å². The molecule has 118 valence electrons. The summed E-state index contributed by atoms with van der Waals surface area (Å²) in [7, 11) is 3.30. The van der Waals surface area contributed by atoms with Gasteiger partial charge in [-0.1, -0.05) is 13.8 Å². The van der Waals surface area contributed by atoms with Crippen molar-refractivity contribution in [1.82, 2.24) is 10.6 Å². The Morgan fingerprint density at radius 3 is 2.52 bits per heavy atom. The van der Waals surface area contributed by atoms with Crippen molar-refractivity contribution in [3.05, 3.63) is 23.8 Å². The summed E-state index contributed by atoms with van der Waals surface area (Å²) in [5, 5.41) is 6.57. The second-order valence-electron chi connectivity index (χ2n) is 5.15. The molecule has 0 fully saturated rings. The van der Waals surface area contributed by atoms with E-state index >= 15 is 0 Å². The van der Waals surface area contributed by atoms with Gasteiger partial charge in [0.25, 0.3) is 0 Å². The fourth-order valence-corrected chi connectivity index (χ4v) is 1.79. The largest absolute Gasteiger partial charge is 0.497 e. The molecule has 0 aliphatic rings. The number of rotatable bonds is 7. The van der Waals surface area contributed by atoms with E-state index in [0.29, 0.717) is 12.5 Å². The zero-order chi connectivity index (χ0) is 15.7. The van der Waals surface area contributed by atoms with Crippen molar-refractivity contribution >= 4 is 5.96 Å². The predicted octanol–water partition coefficient (Wildman–Crippen LogP) is 2.41. The van der Waals surface area contributed by atoms with E-state index in [1.165, 1.54) is 0 Å². The van der Waals surface area contributed by atoms with E-state index in [0.717, 1.165) is 36.1 Å². The summed E-state index contributed by atoms with van der Waals surface area (Å²) in [4.78, 5) is 4.59. The van der Waals surface area contributed by atoms with Crippen LogP contribution < -0.4 is 20.1 Å². The smallest absolute Gasteiger partial charge is 0.191 e. The highest BCUT2D eigenvalue weighted by atomic mass is 16.5. The van der Waals surface area contributed by atoms with Crippen molar-refractivity contribution < 1.29 is 9.47 Å². The van der Waals surface area contributed by atoms with Crippen LogP contribution in [0.2, 0.25) is 0 Å². The highest BCUT2D eigenvalue weighted by Crippen LogP contribution is 2.25. The van der Waals surface area contributed by atoms with Crippen LogP contribution in [-0.2, 0) is 6.54 Å². The van der Waals surface area contributed by atoms with Gasteiger partial charge in [-0.05, 0) is 25.0 Å². The normalized spacial score (nSPS) is 11.4. The molecule has 0 radical (unpaired) electrons. The molecule has 0 saturated heterocycles. The third-order valence-electron chi connectivity index (χ3n) is 2.92. The minimum atomic E-state index is 0.556. The molecule has 0 spiro atoms. The monoisotopic (exact) mass is 293 g/mol. The van der Waals surface area contributed by atoms with Crippen LogP contribution in [0.1, 0.15) is 26.3 Å². The molecule has 0 heterocycles. The van der Waals surface area contributed by atoms with E-state index in [9.17, 15) is 0 Å². The second-order valence-corrected chi connectivity index (χ2v) is 5.15. The van der Waals surface area contributed by atoms with E-state index in [1.54, 1.807) is 14.2 Å². The fraction of sp³-hybridized carbons (Fsp3) is 0.562. The minimum Gasteiger partial charge on any atom is -0.497 e. The molecule has 1 aromatic rings. The third-order valence-corrected chi connectivity index (χ3v) is 2.92. The average Bonchev–Trinajstić information content (AvgIpc) is 2.49. The Bertz CT molecular complexity index is 459. The molecule has 0 atom stereocenters. The molecular formula is C16H27N3O2. The fourth-order valence-electron chi connectivity index (χ4n) is 1.79. The van der Waals surface area contributed by atoms with E-state index in [2.05, 4.69) is 36.4 Å². The molecule has 1 aromatic carbocycles. The first-order valence-electron chi connectivity index (χ1n) is 7.33. The number of nitrogens with zero attached hydrogens (tertiary/aromatic N) is 1. The highest BCUT2D eigenvalue weighted by Gasteiger charge is 2.05. The van der Waals surface area contributed by atoms with Gasteiger partial charge in [0.15, 0.2) is 5.96 Å². The quantitative estimate of drug-likeness (QED) is 0.599. The van der Waals surface area contributed by atoms with Gasteiger partial charge < -0.3 is 20.1 Å². The zero-order valence-corrected chi connectivity index (χ0v) is 13.7. The van der Waals surface area contributed by atoms with Crippen molar-refractivity contribution in [2.75, 3.05) is 27.3 Å². The number of hydrogen-bond acceptors (Lipinski definition) is 3. The van der Waals surface area contributed by atoms with Gasteiger partial charge in [0.1, 0.15) is 11.5 Å². The van der Waals surface area contributed by atoms with Crippen LogP contribution in [-0.4, -0.2) is 33.3 Å². The Kier molecular flexibility index (Phi) is 7.43. The van der Waals surface area contributed by atoms with Crippen molar-refractivity contribution in [2.45, 2.75) is 27.3 Å². The molecule has 5 nitrogen and oxygen atoms in total. The average molecular weight is 293 g/mol. The Hall–Kier alpha value is -1.91. The molecule has 21 heavy (non-hydrogen) atoms. The maximum atomic E-state index is 5.39. The summed E-state index contributed by atoms with van der Waals surface area (Å²) in [5.41, 5.74) is 1.03. The van der Waals surface area contributed by atoms with Crippen molar-refractivity contribution in [2.24, 2.45) is 10.9 Å². The van der Waals surface area contributed by atoms with E-state index in [4.69, 9.17) is 9.47 Å². The van der Waals surface area contributed by atoms with E-state index in [-0.39, 0.29) is 0 Å². The minimum absolute atomic E-state index is 0.556. The number of ether oxygens (including phenoxy) is 2. The predicted molar refractivity (Wildman–Crippen MR) is 87.2 cm³/mol. The van der Waals surface area contributed by atoms with Crippen LogP contribution in [0.5, 0.6) is 11.5 Å². The summed E-state index contributed by atoms with van der Waals surface area (Å²) in [6.45, 7) is 8.68. The van der Waals surface area contributed by atoms with Gasteiger partial charge in [0, 0.05) is 24.7 Å². The summed E-state index contributed by atoms with van der Waals surface area (Å²) in [6, 6.07) is 5.77. The van der Waals surface area contributed by atoms with Gasteiger partial charge in [-0.15, -0.1) is 0 Å². The van der Waals surface area contributed by atoms with Crippen LogP contribution in [0, 0.1) is 5.92 Å². The number of nitrogens with one attached hydrogen (secondary N) is 2. The number of methoxy groups -OCH3 is 2. The van der Waals surface area contributed by atoms with Gasteiger partial charge in [-0.3, -0.25) is 0 Å². The maximum absolute atomic E-state index is 5.39. The van der Waals surface area contributed by atoms with Gasteiger partial charge in [0.2, 0.25) is 0 Å². The number of hydrogen-bond donors (Lipinski definition) is 2. The Labute approximate surface area is 127 Å². The number of benzene rings is 1. The van der Waals surface area contributed by atoms with Crippen LogP contribution in [0.25, 0.3) is 0 Å². The molecule has 0 bridgehead atoms. The molecule has 2 N–H and O–H groups in total. The molecule has 0 amide bonds. The van der Waals surface area contributed by atoms with Crippen molar-refractivity contribution in [1.29, 1.82) is 0 Å². The first-order valence-corrected chi connectivity index (χ1v) is 7.33. The van der Waals surface area contributed by atoms with Gasteiger partial charge >= 0.3 is 0 Å². The first-order chi connectivity index (χ1) is 10.1. The Balaban J connectivity index is 2.78. The zero-order valence-electron chi connectivity index (χ0n) is 13.7. The number of guanidine groups is 1. The summed E-state index contributed by atoms with van der Waals surface area (Å²) < 4.78 is 10.6. The molecule has 0 unspecified atom stereocenters. The standard InChI is InChI=1S/C16H27N3O2/c1-6-17-16(18-10-12(2)3)19-11-13-7-8-14(20-4)9-15(13)21-5/h7-9,12H,6,10-11H2,1-5H3,(H2,17,18,19). The first kappa shape index (κ1) is 17.1. The van der Waals surface area contributed by atoms with Crippen LogP contribution >= 0.6 is 0 Å². The Morgan fingerprint density at radius 1 is 1.19 bits per heavy atom. The highest BCUT2D eigenvalue weighted by molar-refractivity contribution is 5.79. The Morgan fingerprint density at radius 2 is 1.95 bits per heavy atom. The van der Waals surface area contributed by atoms with Crippen molar-refractivity contribution in [3.63, 3.8) is 0 Å². The topological polar surface area (TPSA) is 54.9 Å². The van der Waals surface area contributed by atoms with E-state index < -0.39 is 0 Å². The lowest BCUT2D eigenvalue weighted by atomic mass is 10.2. The van der Waals surface area contributed by atoms with Crippen molar-refractivity contribution in [3.8, 4) is 11.5 Å². The van der Waals surface area contributed by atoms with Gasteiger partial charge in [-0.25, -0.2) is 4.99 Å². The molecule has 0 saturated carbocycles. The molecular weight excluding hydrogens is 266 g/mol. The van der Waals surface area contributed by atoms with E-state index in [1.807, 2.05) is 18.2 Å². The lowest BCUT2D eigenvalue weighted by molar-refractivity contribution is 0.391. The summed E-state index contributed by atoms with van der Waals surface area (Å²) in [6.07, 6.45) is 0. The lowest BCUT2D eigenvalue weighted by Crippen LogP contribution is -2.39. The third kappa shape index (κ3) is 5.94. The van der Waals surface area contributed by atoms with Gasteiger partial charge in [-0.2, -0.15) is 0 Å². The molecule has 1 rings (SSSR count). The summed E-state index contributed by atoms with van der Waals surface area (Å²) in [5.74, 6) is 2.97. The number of aliphatic imine (C=N–C) groups is 1.